The summed E-state index contributed by atoms with van der Waals surface area (Å²) in [6, 6.07) is 6.58. The predicted molar refractivity (Wildman–Crippen MR) is 95.8 cm³/mol. The van der Waals surface area contributed by atoms with Gasteiger partial charge in [0.1, 0.15) is 0 Å². The Kier molecular flexibility index (Phi) is 4.95. The summed E-state index contributed by atoms with van der Waals surface area (Å²) in [6.45, 7) is 4.04. The maximum absolute atomic E-state index is 12.7. The van der Waals surface area contributed by atoms with Crippen LogP contribution in [-0.4, -0.2) is 39.1 Å². The fraction of sp³-hybridized carbons (Fsp3) is 0.556. The van der Waals surface area contributed by atoms with Crippen LogP contribution in [0, 0.1) is 6.92 Å². The molecule has 1 saturated carbocycles. The Morgan fingerprint density at radius 1 is 1.35 bits per heavy atom. The third-order valence-electron chi connectivity index (χ3n) is 4.72. The van der Waals surface area contributed by atoms with E-state index in [1.54, 1.807) is 0 Å². The molecule has 0 spiro atoms. The third kappa shape index (κ3) is 3.71. The summed E-state index contributed by atoms with van der Waals surface area (Å²) in [5.74, 6) is 0.207. The highest BCUT2D eigenvalue weighted by Gasteiger charge is 2.26. The minimum Gasteiger partial charge on any atom is -0.342 e. The van der Waals surface area contributed by atoms with Crippen molar-refractivity contribution >= 4 is 28.7 Å². The fourth-order valence-electron chi connectivity index (χ4n) is 3.31. The molecule has 1 aliphatic rings. The Labute approximate surface area is 142 Å². The zero-order valence-electron chi connectivity index (χ0n) is 14.1. The molecule has 0 radical (unpaired) electrons. The van der Waals surface area contributed by atoms with Gasteiger partial charge in [0.25, 0.3) is 0 Å². The second-order valence-corrected chi connectivity index (χ2v) is 7.89. The van der Waals surface area contributed by atoms with Gasteiger partial charge >= 0.3 is 0 Å². The van der Waals surface area contributed by atoms with E-state index in [9.17, 15) is 4.79 Å². The van der Waals surface area contributed by atoms with Crippen LogP contribution in [0.4, 0.5) is 0 Å². The van der Waals surface area contributed by atoms with Crippen molar-refractivity contribution in [3.05, 3.63) is 23.8 Å². The zero-order chi connectivity index (χ0) is 16.4. The topological polar surface area (TPSA) is 49.0 Å². The lowest BCUT2D eigenvalue weighted by Crippen LogP contribution is -2.42. The average molecular weight is 331 g/mol. The first-order valence-electron chi connectivity index (χ1n) is 8.44. The van der Waals surface area contributed by atoms with Gasteiger partial charge in [-0.05, 0) is 44.4 Å². The van der Waals surface area contributed by atoms with Crippen molar-refractivity contribution < 1.29 is 4.79 Å². The molecule has 1 atom stereocenters. The van der Waals surface area contributed by atoms with E-state index in [4.69, 9.17) is 0 Å². The maximum atomic E-state index is 12.7. The number of nitrogens with one attached hydrogen (secondary N) is 1. The van der Waals surface area contributed by atoms with E-state index in [0.717, 1.165) is 29.0 Å². The van der Waals surface area contributed by atoms with Crippen LogP contribution < -0.4 is 0 Å². The second kappa shape index (κ2) is 6.95. The molecule has 1 unspecified atom stereocenters. The van der Waals surface area contributed by atoms with Gasteiger partial charge in [0.05, 0.1) is 16.3 Å². The maximum Gasteiger partial charge on any atom is 0.235 e. The van der Waals surface area contributed by atoms with Crippen LogP contribution in [0.1, 0.15) is 44.6 Å². The van der Waals surface area contributed by atoms with Crippen molar-refractivity contribution in [3.8, 4) is 0 Å². The minimum absolute atomic E-state index is 0.122. The number of amides is 1. The number of benzene rings is 1. The van der Waals surface area contributed by atoms with Crippen molar-refractivity contribution in [1.82, 2.24) is 14.9 Å². The number of thioether (sulfide) groups is 1. The number of H-pyrrole nitrogens is 1. The van der Waals surface area contributed by atoms with E-state index in [0.29, 0.717) is 6.04 Å². The molecule has 3 rings (SSSR count). The zero-order valence-corrected chi connectivity index (χ0v) is 14.9. The Balaban J connectivity index is 1.66. The number of rotatable bonds is 4. The SMILES string of the molecule is Cc1ccc2nc(SC(C)C(=O)N(C)C3CCCCC3)[nH]c2c1. The van der Waals surface area contributed by atoms with Gasteiger partial charge < -0.3 is 9.88 Å². The van der Waals surface area contributed by atoms with Gasteiger partial charge in [-0.2, -0.15) is 0 Å². The fourth-order valence-corrected chi connectivity index (χ4v) is 4.23. The first-order chi connectivity index (χ1) is 11.0. The molecule has 1 N–H and O–H groups in total. The lowest BCUT2D eigenvalue weighted by atomic mass is 9.94. The van der Waals surface area contributed by atoms with E-state index in [1.165, 1.54) is 36.6 Å². The third-order valence-corrected chi connectivity index (χ3v) is 5.69. The molecule has 23 heavy (non-hydrogen) atoms. The van der Waals surface area contributed by atoms with E-state index in [2.05, 4.69) is 29.0 Å². The Hall–Kier alpha value is -1.49. The Bertz CT molecular complexity index is 691. The van der Waals surface area contributed by atoms with Gasteiger partial charge in [-0.15, -0.1) is 0 Å². The number of aryl methyl sites for hydroxylation is 1. The summed E-state index contributed by atoms with van der Waals surface area (Å²) in [4.78, 5) is 22.5. The van der Waals surface area contributed by atoms with Crippen molar-refractivity contribution in [3.63, 3.8) is 0 Å². The number of carbonyl (C=O) groups excluding carboxylic acids is 1. The molecule has 0 saturated heterocycles. The molecule has 1 fully saturated rings. The average Bonchev–Trinajstić information content (AvgIpc) is 2.95. The number of hydrogen-bond donors (Lipinski definition) is 1. The van der Waals surface area contributed by atoms with Crippen LogP contribution in [0.25, 0.3) is 11.0 Å². The molecule has 124 valence electrons. The van der Waals surface area contributed by atoms with Gasteiger partial charge in [0.15, 0.2) is 5.16 Å². The Morgan fingerprint density at radius 2 is 2.09 bits per heavy atom. The summed E-state index contributed by atoms with van der Waals surface area (Å²) in [5, 5.41) is 0.701. The minimum atomic E-state index is -0.122. The summed E-state index contributed by atoms with van der Waals surface area (Å²) in [7, 11) is 1.96. The summed E-state index contributed by atoms with van der Waals surface area (Å²) >= 11 is 1.52. The van der Waals surface area contributed by atoms with E-state index < -0.39 is 0 Å². The summed E-state index contributed by atoms with van der Waals surface area (Å²) in [6.07, 6.45) is 6.08. The molecular formula is C18H25N3OS. The highest BCUT2D eigenvalue weighted by molar-refractivity contribution is 8.00. The number of hydrogen-bond acceptors (Lipinski definition) is 3. The molecule has 0 bridgehead atoms. The smallest absolute Gasteiger partial charge is 0.235 e. The van der Waals surface area contributed by atoms with E-state index in [-0.39, 0.29) is 11.2 Å². The van der Waals surface area contributed by atoms with Crippen LogP contribution in [0.15, 0.2) is 23.4 Å². The molecule has 4 nitrogen and oxygen atoms in total. The van der Waals surface area contributed by atoms with Gasteiger partial charge in [-0.25, -0.2) is 4.98 Å². The van der Waals surface area contributed by atoms with Crippen molar-refractivity contribution in [2.75, 3.05) is 7.05 Å². The number of aromatic amines is 1. The first kappa shape index (κ1) is 16.4. The number of aromatic nitrogens is 2. The van der Waals surface area contributed by atoms with E-state index >= 15 is 0 Å². The van der Waals surface area contributed by atoms with Crippen LogP contribution in [-0.2, 0) is 4.79 Å². The standard InChI is InChI=1S/C18H25N3OS/c1-12-9-10-15-16(11-12)20-18(19-15)23-13(2)17(22)21(3)14-7-5-4-6-8-14/h9-11,13-14H,4-8H2,1-3H3,(H,19,20). The quantitative estimate of drug-likeness (QED) is 0.857. The second-order valence-electron chi connectivity index (χ2n) is 6.56. The largest absolute Gasteiger partial charge is 0.342 e. The number of imidazole rings is 1. The molecule has 1 aliphatic carbocycles. The van der Waals surface area contributed by atoms with Crippen molar-refractivity contribution in [1.29, 1.82) is 0 Å². The highest BCUT2D eigenvalue weighted by Crippen LogP contribution is 2.27. The van der Waals surface area contributed by atoms with Crippen LogP contribution in [0.2, 0.25) is 0 Å². The lowest BCUT2D eigenvalue weighted by Gasteiger charge is -2.32. The molecule has 2 aromatic rings. The monoisotopic (exact) mass is 331 g/mol. The van der Waals surface area contributed by atoms with Crippen molar-refractivity contribution in [2.45, 2.75) is 62.4 Å². The number of nitrogens with zero attached hydrogens (tertiary/aromatic N) is 2. The first-order valence-corrected chi connectivity index (χ1v) is 9.32. The predicted octanol–water partition coefficient (Wildman–Crippen LogP) is 4.14. The lowest BCUT2D eigenvalue weighted by molar-refractivity contribution is -0.131. The normalized spacial score (nSPS) is 17.3. The van der Waals surface area contributed by atoms with Gasteiger partial charge in [0, 0.05) is 13.1 Å². The van der Waals surface area contributed by atoms with Crippen LogP contribution in [0.5, 0.6) is 0 Å². The molecule has 1 amide bonds. The molecule has 1 aromatic carbocycles. The molecule has 1 heterocycles. The molecule has 1 aromatic heterocycles. The molecular weight excluding hydrogens is 306 g/mol. The number of fused-ring (bicyclic) bond motifs is 1. The van der Waals surface area contributed by atoms with E-state index in [1.807, 2.05) is 24.9 Å². The van der Waals surface area contributed by atoms with Crippen LogP contribution >= 0.6 is 11.8 Å². The Morgan fingerprint density at radius 3 is 2.83 bits per heavy atom. The van der Waals surface area contributed by atoms with Gasteiger partial charge in [-0.3, -0.25) is 4.79 Å². The number of carbonyl (C=O) groups is 1. The summed E-state index contributed by atoms with van der Waals surface area (Å²) < 4.78 is 0. The summed E-state index contributed by atoms with van der Waals surface area (Å²) in [5.41, 5.74) is 3.20. The van der Waals surface area contributed by atoms with Gasteiger partial charge in [-0.1, -0.05) is 37.1 Å². The van der Waals surface area contributed by atoms with Crippen LogP contribution in [0.3, 0.4) is 0 Å². The van der Waals surface area contributed by atoms with Gasteiger partial charge in [0.2, 0.25) is 5.91 Å². The highest BCUT2D eigenvalue weighted by atomic mass is 32.2. The molecule has 0 aliphatic heterocycles. The van der Waals surface area contributed by atoms with Crippen molar-refractivity contribution in [2.24, 2.45) is 0 Å². The molecule has 5 heteroatoms.